The topological polar surface area (TPSA) is 72.2 Å². The van der Waals surface area contributed by atoms with Gasteiger partial charge in [-0.25, -0.2) is 21.9 Å². The van der Waals surface area contributed by atoms with E-state index in [0.29, 0.717) is 6.42 Å². The van der Waals surface area contributed by atoms with Crippen LogP contribution in [0.3, 0.4) is 0 Å². The Kier molecular flexibility index (Phi) is 4.64. The highest BCUT2D eigenvalue weighted by Gasteiger charge is 2.21. The molecule has 0 bridgehead atoms. The van der Waals surface area contributed by atoms with E-state index in [1.54, 1.807) is 6.92 Å². The fourth-order valence-electron chi connectivity index (χ4n) is 1.21. The molecular formula is C11H12F2N2O2S. The van der Waals surface area contributed by atoms with Gasteiger partial charge in [0.1, 0.15) is 16.4 Å². The Morgan fingerprint density at radius 1 is 1.39 bits per heavy atom. The van der Waals surface area contributed by atoms with Crippen LogP contribution in [0.2, 0.25) is 0 Å². The molecule has 0 fully saturated rings. The van der Waals surface area contributed by atoms with Gasteiger partial charge in [-0.2, -0.15) is 0 Å². The number of hydrogen-bond acceptors (Lipinski definition) is 3. The molecule has 0 spiro atoms. The van der Waals surface area contributed by atoms with Crippen LogP contribution in [0.4, 0.5) is 14.5 Å². The fourth-order valence-corrected chi connectivity index (χ4v) is 2.33. The molecule has 0 aliphatic carbocycles. The summed E-state index contributed by atoms with van der Waals surface area (Å²) in [4.78, 5) is -0.675. The van der Waals surface area contributed by atoms with Gasteiger partial charge in [0.2, 0.25) is 10.0 Å². The van der Waals surface area contributed by atoms with Crippen molar-refractivity contribution in [3.63, 3.8) is 0 Å². The average Bonchev–Trinajstić information content (AvgIpc) is 2.31. The highest BCUT2D eigenvalue weighted by atomic mass is 32.2. The molecule has 0 saturated carbocycles. The van der Waals surface area contributed by atoms with Gasteiger partial charge in [-0.1, -0.05) is 0 Å². The van der Waals surface area contributed by atoms with Crippen LogP contribution in [0.1, 0.15) is 13.3 Å². The predicted octanol–water partition coefficient (Wildman–Crippen LogP) is 1.24. The van der Waals surface area contributed by atoms with E-state index in [0.717, 1.165) is 12.1 Å². The average molecular weight is 274 g/mol. The van der Waals surface area contributed by atoms with Crippen molar-refractivity contribution in [3.05, 3.63) is 23.8 Å². The van der Waals surface area contributed by atoms with Crippen LogP contribution in [0.25, 0.3) is 0 Å². The van der Waals surface area contributed by atoms with Crippen molar-refractivity contribution in [2.75, 3.05) is 12.3 Å². The van der Waals surface area contributed by atoms with Crippen LogP contribution in [-0.4, -0.2) is 15.0 Å². The van der Waals surface area contributed by atoms with Crippen molar-refractivity contribution in [1.82, 2.24) is 4.72 Å². The van der Waals surface area contributed by atoms with E-state index in [1.165, 1.54) is 0 Å². The Morgan fingerprint density at radius 3 is 2.67 bits per heavy atom. The van der Waals surface area contributed by atoms with Crippen molar-refractivity contribution < 1.29 is 17.2 Å². The third-order valence-corrected chi connectivity index (χ3v) is 3.58. The smallest absolute Gasteiger partial charge is 0.243 e. The molecule has 0 amide bonds. The third-order valence-electron chi connectivity index (χ3n) is 2.10. The molecule has 0 aliphatic heterocycles. The van der Waals surface area contributed by atoms with Gasteiger partial charge in [-0.3, -0.25) is 0 Å². The van der Waals surface area contributed by atoms with Gasteiger partial charge >= 0.3 is 0 Å². The van der Waals surface area contributed by atoms with E-state index in [1.807, 2.05) is 0 Å². The number of benzene rings is 1. The summed E-state index contributed by atoms with van der Waals surface area (Å²) in [5.74, 6) is 2.96. The zero-order valence-corrected chi connectivity index (χ0v) is 10.4. The van der Waals surface area contributed by atoms with Crippen molar-refractivity contribution in [2.24, 2.45) is 0 Å². The quantitative estimate of drug-likeness (QED) is 0.493. The number of hydrogen-bond donors (Lipinski definition) is 2. The third kappa shape index (κ3) is 3.18. The summed E-state index contributed by atoms with van der Waals surface area (Å²) in [6.45, 7) is 1.66. The molecule has 98 valence electrons. The van der Waals surface area contributed by atoms with Crippen molar-refractivity contribution in [3.8, 4) is 11.8 Å². The Hall–Kier alpha value is -1.65. The van der Waals surface area contributed by atoms with Crippen LogP contribution < -0.4 is 10.5 Å². The normalized spacial score (nSPS) is 10.8. The second-order valence-corrected chi connectivity index (χ2v) is 5.08. The minimum atomic E-state index is -4.05. The van der Waals surface area contributed by atoms with Crippen molar-refractivity contribution in [2.45, 2.75) is 18.2 Å². The lowest BCUT2D eigenvalue weighted by Crippen LogP contribution is -2.26. The molecule has 0 heterocycles. The summed E-state index contributed by atoms with van der Waals surface area (Å²) in [7, 11) is -4.05. The Morgan fingerprint density at radius 2 is 2.06 bits per heavy atom. The van der Waals surface area contributed by atoms with Crippen molar-refractivity contribution >= 4 is 15.7 Å². The number of rotatable bonds is 4. The molecule has 18 heavy (non-hydrogen) atoms. The number of nitrogens with two attached hydrogens (primary N) is 1. The van der Waals surface area contributed by atoms with E-state index < -0.39 is 32.2 Å². The zero-order valence-electron chi connectivity index (χ0n) is 9.63. The molecule has 0 saturated heterocycles. The molecule has 0 aliphatic rings. The van der Waals surface area contributed by atoms with Gasteiger partial charge in [-0.05, 0) is 19.1 Å². The van der Waals surface area contributed by atoms with Gasteiger partial charge in [0, 0.05) is 13.0 Å². The van der Waals surface area contributed by atoms with Gasteiger partial charge < -0.3 is 5.73 Å². The monoisotopic (exact) mass is 274 g/mol. The minimum absolute atomic E-state index is 0.0416. The first-order valence-corrected chi connectivity index (χ1v) is 6.51. The van der Waals surface area contributed by atoms with Gasteiger partial charge in [-0.15, -0.1) is 11.8 Å². The first kappa shape index (κ1) is 14.4. The van der Waals surface area contributed by atoms with E-state index in [-0.39, 0.29) is 6.54 Å². The molecule has 3 N–H and O–H groups in total. The predicted molar refractivity (Wildman–Crippen MR) is 64.0 cm³/mol. The van der Waals surface area contributed by atoms with E-state index in [4.69, 9.17) is 5.73 Å². The summed E-state index contributed by atoms with van der Waals surface area (Å²) in [5.41, 5.74) is 4.28. The lowest BCUT2D eigenvalue weighted by molar-refractivity contribution is 0.548. The molecule has 0 atom stereocenters. The maximum atomic E-state index is 13.5. The lowest BCUT2D eigenvalue weighted by atomic mass is 10.3. The number of sulfonamides is 1. The molecule has 1 rings (SSSR count). The zero-order chi connectivity index (χ0) is 13.8. The van der Waals surface area contributed by atoms with E-state index in [9.17, 15) is 17.2 Å². The first-order chi connectivity index (χ1) is 8.40. The maximum Gasteiger partial charge on any atom is 0.243 e. The van der Waals surface area contributed by atoms with Gasteiger partial charge in [0.05, 0.1) is 0 Å². The SMILES string of the molecule is CC#CCCNS(=O)(=O)c1ccc(F)c(N)c1F. The highest BCUT2D eigenvalue weighted by molar-refractivity contribution is 7.89. The molecule has 1 aromatic rings. The summed E-state index contributed by atoms with van der Waals surface area (Å²) < 4.78 is 52.0. The van der Waals surface area contributed by atoms with E-state index >= 15 is 0 Å². The lowest BCUT2D eigenvalue weighted by Gasteiger charge is -2.08. The summed E-state index contributed by atoms with van der Waals surface area (Å²) >= 11 is 0. The van der Waals surface area contributed by atoms with Crippen LogP contribution in [-0.2, 0) is 10.0 Å². The number of nitrogens with one attached hydrogen (secondary N) is 1. The summed E-state index contributed by atoms with van der Waals surface area (Å²) in [6, 6.07) is 1.63. The van der Waals surface area contributed by atoms with Crippen molar-refractivity contribution in [1.29, 1.82) is 0 Å². The van der Waals surface area contributed by atoms with Crippen LogP contribution in [0, 0.1) is 23.5 Å². The summed E-state index contributed by atoms with van der Waals surface area (Å²) in [5, 5.41) is 0. The molecule has 0 unspecified atom stereocenters. The Bertz CT molecular complexity index is 603. The van der Waals surface area contributed by atoms with Gasteiger partial charge in [0.25, 0.3) is 0 Å². The molecular weight excluding hydrogens is 262 g/mol. The van der Waals surface area contributed by atoms with Crippen LogP contribution in [0.15, 0.2) is 17.0 Å². The van der Waals surface area contributed by atoms with Crippen LogP contribution in [0.5, 0.6) is 0 Å². The summed E-state index contributed by atoms with van der Waals surface area (Å²) in [6.07, 6.45) is 0.300. The fraction of sp³-hybridized carbons (Fsp3) is 0.273. The Labute approximate surface area is 104 Å². The van der Waals surface area contributed by atoms with Crippen LogP contribution >= 0.6 is 0 Å². The van der Waals surface area contributed by atoms with Gasteiger partial charge in [0.15, 0.2) is 5.82 Å². The molecule has 7 heteroatoms. The highest BCUT2D eigenvalue weighted by Crippen LogP contribution is 2.22. The number of anilines is 1. The number of halogens is 2. The first-order valence-electron chi connectivity index (χ1n) is 5.03. The van der Waals surface area contributed by atoms with E-state index in [2.05, 4.69) is 16.6 Å². The Balaban J connectivity index is 2.98. The molecule has 1 aromatic carbocycles. The molecule has 0 aromatic heterocycles. The maximum absolute atomic E-state index is 13.5. The largest absolute Gasteiger partial charge is 0.394 e. The second-order valence-electron chi connectivity index (χ2n) is 3.35. The second kappa shape index (κ2) is 5.80. The number of nitrogen functional groups attached to an aromatic ring is 1. The minimum Gasteiger partial charge on any atom is -0.394 e. The standard InChI is InChI=1S/C11H12F2N2O2S/c1-2-3-4-7-15-18(16,17)9-6-5-8(12)11(14)10(9)13/h5-6,15H,4,7,14H2,1H3. The molecule has 0 radical (unpaired) electrons. The molecule has 4 nitrogen and oxygen atoms in total.